The predicted octanol–water partition coefficient (Wildman–Crippen LogP) is 2.79. The Kier molecular flexibility index (Phi) is 5.80. The molecular weight excluding hydrogens is 170 g/mol. The van der Waals surface area contributed by atoms with Crippen molar-refractivity contribution in [2.24, 2.45) is 5.92 Å². The molecule has 0 unspecified atom stereocenters. The maximum Gasteiger partial charge on any atom is 0.0348 e. The number of halogens is 1. The lowest BCUT2D eigenvalue weighted by Gasteiger charge is -2.21. The first-order chi connectivity index (χ1) is 5.93. The van der Waals surface area contributed by atoms with E-state index in [9.17, 15) is 0 Å². The van der Waals surface area contributed by atoms with Crippen LogP contribution in [0.25, 0.3) is 0 Å². The van der Waals surface area contributed by atoms with Crippen LogP contribution >= 0.6 is 11.6 Å². The van der Waals surface area contributed by atoms with Gasteiger partial charge in [-0.15, -0.1) is 11.6 Å². The summed E-state index contributed by atoms with van der Waals surface area (Å²) in [6.45, 7) is 2.13. The van der Waals surface area contributed by atoms with E-state index in [0.717, 1.165) is 24.9 Å². The fourth-order valence-electron chi connectivity index (χ4n) is 1.97. The van der Waals surface area contributed by atoms with Crippen LogP contribution in [-0.4, -0.2) is 19.0 Å². The highest BCUT2D eigenvalue weighted by Crippen LogP contribution is 2.25. The highest BCUT2D eigenvalue weighted by Gasteiger charge is 2.11. The zero-order chi connectivity index (χ0) is 8.65. The summed E-state index contributed by atoms with van der Waals surface area (Å²) < 4.78 is 0. The monoisotopic (exact) mass is 189 g/mol. The van der Waals surface area contributed by atoms with Crippen molar-refractivity contribution in [3.05, 3.63) is 0 Å². The van der Waals surface area contributed by atoms with Gasteiger partial charge in [0.2, 0.25) is 0 Å². The Bertz CT molecular complexity index is 100. The Balaban J connectivity index is 1.91. The van der Waals surface area contributed by atoms with Gasteiger partial charge < -0.3 is 5.32 Å². The highest BCUT2D eigenvalue weighted by molar-refractivity contribution is 6.18. The first-order valence-corrected chi connectivity index (χ1v) is 5.73. The van der Waals surface area contributed by atoms with Gasteiger partial charge in [-0.1, -0.05) is 32.1 Å². The number of hydrogen-bond acceptors (Lipinski definition) is 1. The van der Waals surface area contributed by atoms with E-state index in [2.05, 4.69) is 5.32 Å². The van der Waals surface area contributed by atoms with E-state index in [0.29, 0.717) is 0 Å². The molecule has 0 heterocycles. The second-order valence-electron chi connectivity index (χ2n) is 3.73. The topological polar surface area (TPSA) is 12.0 Å². The van der Waals surface area contributed by atoms with Crippen molar-refractivity contribution in [1.82, 2.24) is 5.32 Å². The standard InChI is InChI=1S/C10H20ClN/c11-7-9-12-8-6-10-4-2-1-3-5-10/h10,12H,1-9H2. The molecule has 1 aliphatic rings. The van der Waals surface area contributed by atoms with E-state index in [-0.39, 0.29) is 0 Å². The Morgan fingerprint density at radius 2 is 1.83 bits per heavy atom. The van der Waals surface area contributed by atoms with Crippen molar-refractivity contribution in [3.63, 3.8) is 0 Å². The smallest absolute Gasteiger partial charge is 0.0348 e. The van der Waals surface area contributed by atoms with Gasteiger partial charge in [0, 0.05) is 12.4 Å². The molecule has 0 aliphatic heterocycles. The Morgan fingerprint density at radius 3 is 2.50 bits per heavy atom. The summed E-state index contributed by atoms with van der Waals surface area (Å²) in [6.07, 6.45) is 8.66. The number of rotatable bonds is 5. The second kappa shape index (κ2) is 6.73. The Hall–Kier alpha value is 0.250. The van der Waals surface area contributed by atoms with Crippen LogP contribution in [0.2, 0.25) is 0 Å². The quantitative estimate of drug-likeness (QED) is 0.518. The molecule has 0 bridgehead atoms. The molecular formula is C10H20ClN. The first-order valence-electron chi connectivity index (χ1n) is 5.20. The maximum atomic E-state index is 5.56. The molecule has 0 aromatic rings. The summed E-state index contributed by atoms with van der Waals surface area (Å²) in [5, 5.41) is 3.35. The van der Waals surface area contributed by atoms with Crippen LogP contribution in [0.4, 0.5) is 0 Å². The van der Waals surface area contributed by atoms with E-state index >= 15 is 0 Å². The lowest BCUT2D eigenvalue weighted by Crippen LogP contribution is -2.21. The molecule has 1 saturated carbocycles. The minimum absolute atomic E-state index is 0.741. The van der Waals surface area contributed by atoms with Gasteiger partial charge in [0.05, 0.1) is 0 Å². The lowest BCUT2D eigenvalue weighted by molar-refractivity contribution is 0.335. The van der Waals surface area contributed by atoms with Crippen LogP contribution in [0.15, 0.2) is 0 Å². The number of alkyl halides is 1. The molecule has 0 atom stereocenters. The molecule has 72 valence electrons. The summed E-state index contributed by atoms with van der Waals surface area (Å²) in [6, 6.07) is 0. The van der Waals surface area contributed by atoms with Gasteiger partial charge in [-0.2, -0.15) is 0 Å². The molecule has 1 N–H and O–H groups in total. The SMILES string of the molecule is ClCCNCCC1CCCCC1. The van der Waals surface area contributed by atoms with E-state index in [1.807, 2.05) is 0 Å². The van der Waals surface area contributed by atoms with Crippen LogP contribution in [0, 0.1) is 5.92 Å². The largest absolute Gasteiger partial charge is 0.316 e. The van der Waals surface area contributed by atoms with Crippen molar-refractivity contribution in [3.8, 4) is 0 Å². The van der Waals surface area contributed by atoms with Crippen LogP contribution in [0.3, 0.4) is 0 Å². The average molecular weight is 190 g/mol. The normalized spacial score (nSPS) is 19.8. The van der Waals surface area contributed by atoms with Gasteiger partial charge >= 0.3 is 0 Å². The average Bonchev–Trinajstić information content (AvgIpc) is 2.14. The molecule has 0 aromatic carbocycles. The summed E-state index contributed by atoms with van der Waals surface area (Å²) in [5.74, 6) is 1.74. The van der Waals surface area contributed by atoms with E-state index in [1.54, 1.807) is 0 Å². The van der Waals surface area contributed by atoms with Gasteiger partial charge in [-0.25, -0.2) is 0 Å². The Morgan fingerprint density at radius 1 is 1.08 bits per heavy atom. The van der Waals surface area contributed by atoms with E-state index in [1.165, 1.54) is 38.5 Å². The summed E-state index contributed by atoms with van der Waals surface area (Å²) in [5.41, 5.74) is 0. The van der Waals surface area contributed by atoms with Crippen molar-refractivity contribution in [2.45, 2.75) is 38.5 Å². The zero-order valence-electron chi connectivity index (χ0n) is 7.82. The minimum atomic E-state index is 0.741. The molecule has 1 aliphatic carbocycles. The fourth-order valence-corrected chi connectivity index (χ4v) is 2.11. The molecule has 0 amide bonds. The predicted molar refractivity (Wildman–Crippen MR) is 54.8 cm³/mol. The molecule has 1 fully saturated rings. The third-order valence-electron chi connectivity index (χ3n) is 2.73. The lowest BCUT2D eigenvalue weighted by atomic mass is 9.87. The summed E-state index contributed by atoms with van der Waals surface area (Å²) in [7, 11) is 0. The third kappa shape index (κ3) is 4.32. The maximum absolute atomic E-state index is 5.56. The van der Waals surface area contributed by atoms with Crippen molar-refractivity contribution >= 4 is 11.6 Å². The third-order valence-corrected chi connectivity index (χ3v) is 2.91. The van der Waals surface area contributed by atoms with Gasteiger partial charge in [-0.3, -0.25) is 0 Å². The summed E-state index contributed by atoms with van der Waals surface area (Å²) >= 11 is 5.56. The molecule has 1 nitrogen and oxygen atoms in total. The van der Waals surface area contributed by atoms with Crippen molar-refractivity contribution < 1.29 is 0 Å². The number of hydrogen-bond donors (Lipinski definition) is 1. The Labute approximate surface area is 80.9 Å². The zero-order valence-corrected chi connectivity index (χ0v) is 8.58. The van der Waals surface area contributed by atoms with Crippen LogP contribution in [0.1, 0.15) is 38.5 Å². The molecule has 0 spiro atoms. The van der Waals surface area contributed by atoms with Crippen LogP contribution < -0.4 is 5.32 Å². The van der Waals surface area contributed by atoms with Gasteiger partial charge in [-0.05, 0) is 18.9 Å². The van der Waals surface area contributed by atoms with E-state index < -0.39 is 0 Å². The van der Waals surface area contributed by atoms with Gasteiger partial charge in [0.1, 0.15) is 0 Å². The minimum Gasteiger partial charge on any atom is -0.316 e. The van der Waals surface area contributed by atoms with Crippen molar-refractivity contribution in [1.29, 1.82) is 0 Å². The molecule has 0 saturated heterocycles. The molecule has 2 heteroatoms. The summed E-state index contributed by atoms with van der Waals surface area (Å²) in [4.78, 5) is 0. The van der Waals surface area contributed by atoms with Gasteiger partial charge in [0.15, 0.2) is 0 Å². The first kappa shape index (κ1) is 10.3. The fraction of sp³-hybridized carbons (Fsp3) is 1.00. The molecule has 12 heavy (non-hydrogen) atoms. The second-order valence-corrected chi connectivity index (χ2v) is 4.11. The molecule has 0 aromatic heterocycles. The number of nitrogens with one attached hydrogen (secondary N) is 1. The van der Waals surface area contributed by atoms with Crippen molar-refractivity contribution in [2.75, 3.05) is 19.0 Å². The molecule has 0 radical (unpaired) electrons. The van der Waals surface area contributed by atoms with Gasteiger partial charge in [0.25, 0.3) is 0 Å². The molecule has 1 rings (SSSR count). The van der Waals surface area contributed by atoms with E-state index in [4.69, 9.17) is 11.6 Å². The van der Waals surface area contributed by atoms with Crippen LogP contribution in [-0.2, 0) is 0 Å². The van der Waals surface area contributed by atoms with Crippen LogP contribution in [0.5, 0.6) is 0 Å². The highest BCUT2D eigenvalue weighted by atomic mass is 35.5.